The van der Waals surface area contributed by atoms with Crippen molar-refractivity contribution in [3.63, 3.8) is 0 Å². The van der Waals surface area contributed by atoms with E-state index in [0.29, 0.717) is 6.04 Å². The maximum Gasteiger partial charge on any atom is 0.191 e. The van der Waals surface area contributed by atoms with Crippen LogP contribution in [0.3, 0.4) is 0 Å². The van der Waals surface area contributed by atoms with Crippen molar-refractivity contribution in [2.24, 2.45) is 10.9 Å². The van der Waals surface area contributed by atoms with Gasteiger partial charge in [0.05, 0.1) is 0 Å². The average molecular weight is 440 g/mol. The quantitative estimate of drug-likeness (QED) is 0.251. The Morgan fingerprint density at radius 1 is 1.26 bits per heavy atom. The second-order valence-corrected chi connectivity index (χ2v) is 6.35. The summed E-state index contributed by atoms with van der Waals surface area (Å²) in [7, 11) is 1.84. The summed E-state index contributed by atoms with van der Waals surface area (Å²) in [4.78, 5) is 6.88. The lowest BCUT2D eigenvalue weighted by Gasteiger charge is -2.35. The minimum Gasteiger partial charge on any atom is -0.382 e. The SMILES string of the molecule is CCOCCCCNC(=NC)NCC(C)N1CCC(C)CC1.I. The number of nitrogens with one attached hydrogen (secondary N) is 2. The topological polar surface area (TPSA) is 48.9 Å². The van der Waals surface area contributed by atoms with E-state index in [1.54, 1.807) is 0 Å². The molecule has 0 spiro atoms. The molecule has 0 aromatic rings. The van der Waals surface area contributed by atoms with Gasteiger partial charge in [0.25, 0.3) is 0 Å². The standard InChI is InChI=1S/C17H36N4O.HI/c1-5-22-13-7-6-10-19-17(18-4)20-14-16(3)21-11-8-15(2)9-12-21;/h15-16H,5-14H2,1-4H3,(H2,18,19,20);1H. The van der Waals surface area contributed by atoms with Gasteiger partial charge < -0.3 is 15.4 Å². The first-order chi connectivity index (χ1) is 10.7. The smallest absolute Gasteiger partial charge is 0.191 e. The zero-order valence-electron chi connectivity index (χ0n) is 15.4. The van der Waals surface area contributed by atoms with Gasteiger partial charge in [0.1, 0.15) is 0 Å². The molecule has 1 fully saturated rings. The molecule has 1 saturated heterocycles. The zero-order chi connectivity index (χ0) is 16.2. The second kappa shape index (κ2) is 14.3. The molecule has 1 atom stereocenters. The zero-order valence-corrected chi connectivity index (χ0v) is 17.8. The number of aliphatic imine (C=N–C) groups is 1. The molecule has 0 saturated carbocycles. The molecule has 23 heavy (non-hydrogen) atoms. The van der Waals surface area contributed by atoms with Crippen molar-refractivity contribution in [3.8, 4) is 0 Å². The summed E-state index contributed by atoms with van der Waals surface area (Å²) in [5.41, 5.74) is 0. The predicted octanol–water partition coefficient (Wildman–Crippen LogP) is 2.71. The van der Waals surface area contributed by atoms with Crippen LogP contribution in [0.15, 0.2) is 4.99 Å². The highest BCUT2D eigenvalue weighted by Crippen LogP contribution is 2.17. The van der Waals surface area contributed by atoms with E-state index in [2.05, 4.69) is 34.4 Å². The van der Waals surface area contributed by atoms with E-state index in [4.69, 9.17) is 4.74 Å². The first-order valence-corrected chi connectivity index (χ1v) is 8.93. The fourth-order valence-electron chi connectivity index (χ4n) is 2.74. The number of likely N-dealkylation sites (tertiary alicyclic amines) is 1. The van der Waals surface area contributed by atoms with Crippen molar-refractivity contribution < 1.29 is 4.74 Å². The Morgan fingerprint density at radius 2 is 1.96 bits per heavy atom. The van der Waals surface area contributed by atoms with Crippen molar-refractivity contribution >= 4 is 29.9 Å². The lowest BCUT2D eigenvalue weighted by atomic mass is 9.98. The molecule has 1 aliphatic rings. The largest absolute Gasteiger partial charge is 0.382 e. The predicted molar refractivity (Wildman–Crippen MR) is 110 cm³/mol. The van der Waals surface area contributed by atoms with E-state index in [0.717, 1.165) is 51.0 Å². The molecule has 1 rings (SSSR count). The van der Waals surface area contributed by atoms with E-state index >= 15 is 0 Å². The Hall–Kier alpha value is -0.0800. The van der Waals surface area contributed by atoms with Crippen LogP contribution in [0.4, 0.5) is 0 Å². The molecule has 1 unspecified atom stereocenters. The van der Waals surface area contributed by atoms with Gasteiger partial charge >= 0.3 is 0 Å². The number of hydrogen-bond acceptors (Lipinski definition) is 3. The van der Waals surface area contributed by atoms with Crippen molar-refractivity contribution in [3.05, 3.63) is 0 Å². The maximum atomic E-state index is 5.34. The van der Waals surface area contributed by atoms with Gasteiger partial charge in [0, 0.05) is 39.4 Å². The Labute approximate surface area is 160 Å². The summed E-state index contributed by atoms with van der Waals surface area (Å²) < 4.78 is 5.34. The average Bonchev–Trinajstić information content (AvgIpc) is 2.54. The summed E-state index contributed by atoms with van der Waals surface area (Å²) >= 11 is 0. The molecule has 1 aliphatic heterocycles. The molecule has 0 aromatic carbocycles. The summed E-state index contributed by atoms with van der Waals surface area (Å²) in [5, 5.41) is 6.82. The summed E-state index contributed by atoms with van der Waals surface area (Å²) in [5.74, 6) is 1.80. The highest BCUT2D eigenvalue weighted by atomic mass is 127. The highest BCUT2D eigenvalue weighted by molar-refractivity contribution is 14.0. The van der Waals surface area contributed by atoms with Crippen LogP contribution in [0.25, 0.3) is 0 Å². The number of rotatable bonds is 9. The third kappa shape index (κ3) is 10.4. The van der Waals surface area contributed by atoms with Gasteiger partial charge in [0.2, 0.25) is 0 Å². The van der Waals surface area contributed by atoms with Crippen LogP contribution >= 0.6 is 24.0 Å². The number of nitrogens with zero attached hydrogens (tertiary/aromatic N) is 2. The van der Waals surface area contributed by atoms with E-state index in [1.165, 1.54) is 25.9 Å². The van der Waals surface area contributed by atoms with Crippen molar-refractivity contribution in [1.82, 2.24) is 15.5 Å². The molecule has 0 aromatic heterocycles. The van der Waals surface area contributed by atoms with E-state index in [9.17, 15) is 0 Å². The van der Waals surface area contributed by atoms with Crippen LogP contribution in [0.2, 0.25) is 0 Å². The normalized spacial score (nSPS) is 18.3. The molecule has 5 nitrogen and oxygen atoms in total. The number of ether oxygens (including phenoxy) is 1. The van der Waals surface area contributed by atoms with Crippen molar-refractivity contribution in [2.45, 2.75) is 52.5 Å². The number of piperidine rings is 1. The molecule has 0 radical (unpaired) electrons. The lowest BCUT2D eigenvalue weighted by Crippen LogP contribution is -2.48. The van der Waals surface area contributed by atoms with E-state index < -0.39 is 0 Å². The molecule has 1 heterocycles. The van der Waals surface area contributed by atoms with Crippen molar-refractivity contribution in [1.29, 1.82) is 0 Å². The molecule has 0 aliphatic carbocycles. The monoisotopic (exact) mass is 440 g/mol. The molecule has 2 N–H and O–H groups in total. The van der Waals surface area contributed by atoms with Crippen molar-refractivity contribution in [2.75, 3.05) is 46.4 Å². The lowest BCUT2D eigenvalue weighted by molar-refractivity contribution is 0.143. The molecule has 138 valence electrons. The third-order valence-corrected chi connectivity index (χ3v) is 4.44. The molecular formula is C17H37IN4O. The first-order valence-electron chi connectivity index (χ1n) is 8.93. The Morgan fingerprint density at radius 3 is 2.57 bits per heavy atom. The van der Waals surface area contributed by atoms with Gasteiger partial charge in [-0.05, 0) is 58.5 Å². The summed E-state index contributed by atoms with van der Waals surface area (Å²) in [6, 6.07) is 0.559. The van der Waals surface area contributed by atoms with E-state index in [-0.39, 0.29) is 24.0 Å². The number of halogens is 1. The number of hydrogen-bond donors (Lipinski definition) is 2. The van der Waals surface area contributed by atoms with Gasteiger partial charge in [-0.2, -0.15) is 0 Å². The minimum absolute atomic E-state index is 0. The van der Waals surface area contributed by atoms with Gasteiger partial charge in [0.15, 0.2) is 5.96 Å². The van der Waals surface area contributed by atoms with Crippen LogP contribution in [-0.2, 0) is 4.74 Å². The number of guanidine groups is 1. The highest BCUT2D eigenvalue weighted by Gasteiger charge is 2.20. The van der Waals surface area contributed by atoms with Gasteiger partial charge in [-0.15, -0.1) is 24.0 Å². The second-order valence-electron chi connectivity index (χ2n) is 6.35. The summed E-state index contributed by atoms with van der Waals surface area (Å²) in [6.45, 7) is 12.7. The van der Waals surface area contributed by atoms with Gasteiger partial charge in [-0.1, -0.05) is 6.92 Å². The first kappa shape index (κ1) is 22.9. The third-order valence-electron chi connectivity index (χ3n) is 4.44. The fourth-order valence-corrected chi connectivity index (χ4v) is 2.74. The van der Waals surface area contributed by atoms with Crippen LogP contribution < -0.4 is 10.6 Å². The van der Waals surface area contributed by atoms with Gasteiger partial charge in [-0.3, -0.25) is 9.89 Å². The summed E-state index contributed by atoms with van der Waals surface area (Å²) in [6.07, 6.45) is 4.87. The Kier molecular flexibility index (Phi) is 14.2. The van der Waals surface area contributed by atoms with Crippen LogP contribution in [0.5, 0.6) is 0 Å². The van der Waals surface area contributed by atoms with Crippen LogP contribution in [0, 0.1) is 5.92 Å². The molecule has 0 bridgehead atoms. The molecule has 6 heteroatoms. The van der Waals surface area contributed by atoms with E-state index in [1.807, 2.05) is 14.0 Å². The molecular weight excluding hydrogens is 403 g/mol. The van der Waals surface area contributed by atoms with Crippen LogP contribution in [0.1, 0.15) is 46.5 Å². The fraction of sp³-hybridized carbons (Fsp3) is 0.941. The Bertz CT molecular complexity index is 307. The number of unbranched alkanes of at least 4 members (excludes halogenated alkanes) is 1. The minimum atomic E-state index is 0. The Balaban J connectivity index is 0.00000484. The van der Waals surface area contributed by atoms with Gasteiger partial charge in [-0.25, -0.2) is 0 Å². The molecule has 0 amide bonds. The maximum absolute atomic E-state index is 5.34. The van der Waals surface area contributed by atoms with Crippen LogP contribution in [-0.4, -0.2) is 63.3 Å².